The van der Waals surface area contributed by atoms with Gasteiger partial charge in [0.15, 0.2) is 0 Å². The monoisotopic (exact) mass is 226 g/mol. The summed E-state index contributed by atoms with van der Waals surface area (Å²) < 4.78 is 5.30. The maximum Gasteiger partial charge on any atom is 0.237 e. The molecule has 0 aromatic heterocycles. The van der Waals surface area contributed by atoms with Crippen LogP contribution in [-0.2, 0) is 9.53 Å². The Morgan fingerprint density at radius 2 is 2.12 bits per heavy atom. The lowest BCUT2D eigenvalue weighted by Gasteiger charge is -2.13. The first kappa shape index (κ1) is 14.9. The highest BCUT2D eigenvalue weighted by atomic mass is 16.5. The van der Waals surface area contributed by atoms with Gasteiger partial charge in [0.05, 0.1) is 19.3 Å². The van der Waals surface area contributed by atoms with Crippen LogP contribution >= 0.6 is 0 Å². The highest BCUT2D eigenvalue weighted by Crippen LogP contribution is 1.84. The maximum atomic E-state index is 11.4. The van der Waals surface area contributed by atoms with E-state index in [0.29, 0.717) is 26.3 Å². The van der Waals surface area contributed by atoms with E-state index in [1.165, 1.54) is 0 Å². The molecule has 0 rings (SSSR count). The molecule has 0 saturated heterocycles. The largest absolute Gasteiger partial charge is 0.380 e. The lowest BCUT2D eigenvalue weighted by Crippen LogP contribution is -2.43. The molecule has 0 heterocycles. The lowest BCUT2D eigenvalue weighted by atomic mass is 10.3. The number of carbonyl (C=O) groups excluding carboxylic acids is 1. The van der Waals surface area contributed by atoms with Crippen molar-refractivity contribution < 1.29 is 9.53 Å². The van der Waals surface area contributed by atoms with Crippen LogP contribution in [0.2, 0.25) is 0 Å². The van der Waals surface area contributed by atoms with E-state index in [-0.39, 0.29) is 11.9 Å². The van der Waals surface area contributed by atoms with E-state index < -0.39 is 0 Å². The van der Waals surface area contributed by atoms with Gasteiger partial charge in [0, 0.05) is 13.1 Å². The Morgan fingerprint density at radius 1 is 1.38 bits per heavy atom. The average molecular weight is 226 g/mol. The number of amides is 1. The molecule has 0 radical (unpaired) electrons. The van der Waals surface area contributed by atoms with Crippen molar-refractivity contribution in [2.45, 2.75) is 19.4 Å². The van der Waals surface area contributed by atoms with Gasteiger partial charge in [-0.05, 0) is 13.3 Å². The smallest absolute Gasteiger partial charge is 0.237 e. The summed E-state index contributed by atoms with van der Waals surface area (Å²) in [4.78, 5) is 11.4. The third-order valence-electron chi connectivity index (χ3n) is 1.98. The molecule has 4 nitrogen and oxygen atoms in total. The predicted molar refractivity (Wildman–Crippen MR) is 66.3 cm³/mol. The zero-order chi connectivity index (χ0) is 12.2. The summed E-state index contributed by atoms with van der Waals surface area (Å²) in [6, 6.07) is -0.206. The molecule has 0 spiro atoms. The minimum Gasteiger partial charge on any atom is -0.380 e. The molecule has 0 fully saturated rings. The number of nitrogens with one attached hydrogen (secondary N) is 2. The summed E-state index contributed by atoms with van der Waals surface area (Å²) in [5.74, 6) is -0.0222. The molecule has 0 bridgehead atoms. The molecule has 0 aromatic rings. The summed E-state index contributed by atoms with van der Waals surface area (Å²) in [7, 11) is 0. The van der Waals surface area contributed by atoms with Crippen LogP contribution in [0.4, 0.5) is 0 Å². The van der Waals surface area contributed by atoms with E-state index in [9.17, 15) is 4.79 Å². The zero-order valence-corrected chi connectivity index (χ0v) is 10.00. The first-order chi connectivity index (χ1) is 7.72. The molecule has 1 amide bonds. The predicted octanol–water partition coefficient (Wildman–Crippen LogP) is 0.859. The number of hydrogen-bond acceptors (Lipinski definition) is 3. The highest BCUT2D eigenvalue weighted by Gasteiger charge is 2.09. The van der Waals surface area contributed by atoms with Crippen LogP contribution in [0.3, 0.4) is 0 Å². The summed E-state index contributed by atoms with van der Waals surface area (Å²) in [5, 5.41) is 5.79. The summed E-state index contributed by atoms with van der Waals surface area (Å²) >= 11 is 0. The van der Waals surface area contributed by atoms with Crippen LogP contribution in [0, 0.1) is 0 Å². The van der Waals surface area contributed by atoms with E-state index >= 15 is 0 Å². The highest BCUT2D eigenvalue weighted by molar-refractivity contribution is 5.81. The second kappa shape index (κ2) is 10.4. The Balaban J connectivity index is 3.41. The Bertz CT molecular complexity index is 217. The molecule has 0 aliphatic rings. The van der Waals surface area contributed by atoms with E-state index in [4.69, 9.17) is 4.74 Å². The normalized spacial score (nSPS) is 11.8. The van der Waals surface area contributed by atoms with Crippen molar-refractivity contribution in [2.24, 2.45) is 0 Å². The molecule has 1 atom stereocenters. The number of hydrogen-bond donors (Lipinski definition) is 2. The summed E-state index contributed by atoms with van der Waals surface area (Å²) in [6.45, 7) is 11.4. The lowest BCUT2D eigenvalue weighted by molar-refractivity contribution is -0.122. The van der Waals surface area contributed by atoms with Gasteiger partial charge in [-0.3, -0.25) is 4.79 Å². The van der Waals surface area contributed by atoms with E-state index in [0.717, 1.165) is 6.42 Å². The van der Waals surface area contributed by atoms with E-state index in [2.05, 4.69) is 23.8 Å². The molecular weight excluding hydrogens is 204 g/mol. The standard InChI is InChI=1S/C12H22N2O2/c1-4-6-9-16-10-8-13-11(3)12(15)14-7-5-2/h4-5,11,13H,1-2,6-10H2,3H3,(H,14,15). The molecule has 4 heteroatoms. The van der Waals surface area contributed by atoms with Gasteiger partial charge in [0.1, 0.15) is 0 Å². The van der Waals surface area contributed by atoms with Gasteiger partial charge in [-0.15, -0.1) is 13.2 Å². The Hall–Kier alpha value is -1.13. The summed E-state index contributed by atoms with van der Waals surface area (Å²) in [6.07, 6.45) is 4.33. The molecule has 0 aromatic carbocycles. The Morgan fingerprint density at radius 3 is 2.75 bits per heavy atom. The van der Waals surface area contributed by atoms with Crippen LogP contribution in [0.25, 0.3) is 0 Å². The zero-order valence-electron chi connectivity index (χ0n) is 10.00. The number of carbonyl (C=O) groups is 1. The quantitative estimate of drug-likeness (QED) is 0.429. The fourth-order valence-corrected chi connectivity index (χ4v) is 1.03. The average Bonchev–Trinajstić information content (AvgIpc) is 2.30. The second-order valence-corrected chi connectivity index (χ2v) is 3.40. The van der Waals surface area contributed by atoms with Crippen molar-refractivity contribution in [3.05, 3.63) is 25.3 Å². The van der Waals surface area contributed by atoms with Gasteiger partial charge in [-0.25, -0.2) is 0 Å². The molecule has 92 valence electrons. The molecule has 0 saturated carbocycles. The molecule has 16 heavy (non-hydrogen) atoms. The van der Waals surface area contributed by atoms with Crippen LogP contribution < -0.4 is 10.6 Å². The van der Waals surface area contributed by atoms with Crippen LogP contribution in [-0.4, -0.2) is 38.3 Å². The Labute approximate surface area is 97.7 Å². The maximum absolute atomic E-state index is 11.4. The number of rotatable bonds is 10. The van der Waals surface area contributed by atoms with Crippen molar-refractivity contribution in [2.75, 3.05) is 26.3 Å². The second-order valence-electron chi connectivity index (χ2n) is 3.40. The fraction of sp³-hybridized carbons (Fsp3) is 0.583. The van der Waals surface area contributed by atoms with Crippen LogP contribution in [0.1, 0.15) is 13.3 Å². The molecule has 0 aliphatic carbocycles. The molecule has 1 unspecified atom stereocenters. The topological polar surface area (TPSA) is 50.4 Å². The third kappa shape index (κ3) is 8.20. The van der Waals surface area contributed by atoms with Gasteiger partial charge < -0.3 is 15.4 Å². The van der Waals surface area contributed by atoms with E-state index in [1.807, 2.05) is 13.0 Å². The molecule has 0 aliphatic heterocycles. The van der Waals surface area contributed by atoms with Gasteiger partial charge in [0.25, 0.3) is 0 Å². The van der Waals surface area contributed by atoms with Crippen molar-refractivity contribution in [3.63, 3.8) is 0 Å². The van der Waals surface area contributed by atoms with Crippen molar-refractivity contribution in [3.8, 4) is 0 Å². The minimum atomic E-state index is -0.206. The number of ether oxygens (including phenoxy) is 1. The van der Waals surface area contributed by atoms with Crippen LogP contribution in [0.5, 0.6) is 0 Å². The Kier molecular flexibility index (Phi) is 9.66. The molecular formula is C12H22N2O2. The van der Waals surface area contributed by atoms with E-state index in [1.54, 1.807) is 6.08 Å². The van der Waals surface area contributed by atoms with Gasteiger partial charge in [-0.2, -0.15) is 0 Å². The van der Waals surface area contributed by atoms with Gasteiger partial charge in [0.2, 0.25) is 5.91 Å². The fourth-order valence-electron chi connectivity index (χ4n) is 1.03. The SMILES string of the molecule is C=CCCOCCNC(C)C(=O)NCC=C. The third-order valence-corrected chi connectivity index (χ3v) is 1.98. The first-order valence-electron chi connectivity index (χ1n) is 5.53. The first-order valence-corrected chi connectivity index (χ1v) is 5.53. The van der Waals surface area contributed by atoms with Crippen LogP contribution in [0.15, 0.2) is 25.3 Å². The van der Waals surface area contributed by atoms with Gasteiger partial charge in [-0.1, -0.05) is 12.2 Å². The molecule has 2 N–H and O–H groups in total. The summed E-state index contributed by atoms with van der Waals surface area (Å²) in [5.41, 5.74) is 0. The van der Waals surface area contributed by atoms with Crippen molar-refractivity contribution in [1.29, 1.82) is 0 Å². The van der Waals surface area contributed by atoms with Crippen molar-refractivity contribution in [1.82, 2.24) is 10.6 Å². The van der Waals surface area contributed by atoms with Crippen molar-refractivity contribution >= 4 is 5.91 Å². The van der Waals surface area contributed by atoms with Gasteiger partial charge >= 0.3 is 0 Å². The minimum absolute atomic E-state index is 0.0222.